The molecule has 13 heteroatoms. The number of nitro groups is 1. The summed E-state index contributed by atoms with van der Waals surface area (Å²) in [7, 11) is -4.84. The van der Waals surface area contributed by atoms with Gasteiger partial charge in [0, 0.05) is 12.1 Å². The zero-order valence-electron chi connectivity index (χ0n) is 18.6. The van der Waals surface area contributed by atoms with E-state index in [9.17, 15) is 28.2 Å². The quantitative estimate of drug-likeness (QED) is 0.0881. The lowest BCUT2D eigenvalue weighted by Gasteiger charge is -2.13. The van der Waals surface area contributed by atoms with Crippen molar-refractivity contribution in [2.45, 2.75) is 11.8 Å². The number of aryl methyl sites for hydroxylation is 1. The van der Waals surface area contributed by atoms with E-state index in [2.05, 4.69) is 20.5 Å². The van der Waals surface area contributed by atoms with Crippen LogP contribution in [0.15, 0.2) is 92.1 Å². The topological polar surface area (TPSA) is 193 Å². The van der Waals surface area contributed by atoms with Crippen molar-refractivity contribution in [3.63, 3.8) is 0 Å². The Balaban J connectivity index is 1.89. The first-order valence-electron chi connectivity index (χ1n) is 10.3. The first-order valence-corrected chi connectivity index (χ1v) is 11.7. The molecule has 4 N–H and O–H groups in total. The summed E-state index contributed by atoms with van der Waals surface area (Å²) in [6, 6.07) is 16.5. The molecule has 36 heavy (non-hydrogen) atoms. The monoisotopic (exact) mass is 506 g/mol. The summed E-state index contributed by atoms with van der Waals surface area (Å²) in [5, 5.41) is 38.1. The molecule has 0 spiro atoms. The Morgan fingerprint density at radius 2 is 1.47 bits per heavy atom. The van der Waals surface area contributed by atoms with Crippen LogP contribution in [-0.2, 0) is 10.1 Å². The van der Waals surface area contributed by atoms with Crippen LogP contribution in [0.2, 0.25) is 0 Å². The number of hydrogen-bond donors (Lipinski definition) is 3. The fraction of sp³-hybridized carbons (Fsp3) is 0.0435. The minimum absolute atomic E-state index is 0.0101. The van der Waals surface area contributed by atoms with E-state index in [1.54, 1.807) is 31.2 Å². The van der Waals surface area contributed by atoms with E-state index < -0.39 is 31.4 Å². The molecule has 0 atom stereocenters. The molecule has 0 heterocycles. The molecule has 0 aliphatic carbocycles. The average Bonchev–Trinajstić information content (AvgIpc) is 2.83. The Morgan fingerprint density at radius 1 is 0.889 bits per heavy atom. The molecular weight excluding hydrogens is 488 g/mol. The van der Waals surface area contributed by atoms with Crippen LogP contribution in [0.3, 0.4) is 0 Å². The summed E-state index contributed by atoms with van der Waals surface area (Å²) in [4.78, 5) is 9.53. The summed E-state index contributed by atoms with van der Waals surface area (Å²) in [5.74, 6) is -0.653. The maximum Gasteiger partial charge on any atom is 0.296 e. The van der Waals surface area contributed by atoms with Gasteiger partial charge in [-0.1, -0.05) is 18.2 Å². The SMILES string of the molecule is Cc1cc2cc(S(=O)(=O)O)c(N=Nc3ccc([N+](=O)[O-])cc3)c(O)c2c(N)c1N=Nc1ccccc1. The van der Waals surface area contributed by atoms with E-state index in [4.69, 9.17) is 5.73 Å². The van der Waals surface area contributed by atoms with Gasteiger partial charge in [0.1, 0.15) is 16.3 Å². The van der Waals surface area contributed by atoms with E-state index in [1.165, 1.54) is 30.3 Å². The Kier molecular flexibility index (Phi) is 6.42. The van der Waals surface area contributed by atoms with Crippen LogP contribution < -0.4 is 5.73 Å². The van der Waals surface area contributed by atoms with Crippen molar-refractivity contribution in [1.82, 2.24) is 0 Å². The fourth-order valence-corrected chi connectivity index (χ4v) is 4.12. The van der Waals surface area contributed by atoms with Gasteiger partial charge in [0.2, 0.25) is 0 Å². The number of nitro benzene ring substituents is 1. The molecule has 0 bridgehead atoms. The van der Waals surface area contributed by atoms with Crippen LogP contribution in [0.1, 0.15) is 5.56 Å². The van der Waals surface area contributed by atoms with Crippen LogP contribution in [0.4, 0.5) is 34.1 Å². The van der Waals surface area contributed by atoms with Crippen LogP contribution in [0, 0.1) is 17.0 Å². The molecule has 12 nitrogen and oxygen atoms in total. The first kappa shape index (κ1) is 24.4. The number of non-ortho nitro benzene ring substituents is 1. The summed E-state index contributed by atoms with van der Waals surface area (Å²) in [6.07, 6.45) is 0. The number of fused-ring (bicyclic) bond motifs is 1. The maximum absolute atomic E-state index is 12.1. The van der Waals surface area contributed by atoms with Crippen LogP contribution in [-0.4, -0.2) is 23.0 Å². The highest BCUT2D eigenvalue weighted by Crippen LogP contribution is 2.47. The second kappa shape index (κ2) is 9.48. The van der Waals surface area contributed by atoms with Gasteiger partial charge < -0.3 is 10.8 Å². The van der Waals surface area contributed by atoms with Crippen LogP contribution in [0.5, 0.6) is 5.75 Å². The number of phenols is 1. The fourth-order valence-electron chi connectivity index (χ4n) is 3.46. The van der Waals surface area contributed by atoms with Crippen molar-refractivity contribution in [2.24, 2.45) is 20.5 Å². The van der Waals surface area contributed by atoms with Crippen LogP contribution in [0.25, 0.3) is 10.8 Å². The third-order valence-electron chi connectivity index (χ3n) is 5.17. The van der Waals surface area contributed by atoms with Gasteiger partial charge in [-0.25, -0.2) is 0 Å². The molecule has 4 aromatic rings. The number of nitrogens with zero attached hydrogens (tertiary/aromatic N) is 5. The lowest BCUT2D eigenvalue weighted by molar-refractivity contribution is -0.384. The third kappa shape index (κ3) is 4.87. The van der Waals surface area contributed by atoms with Gasteiger partial charge in [-0.3, -0.25) is 14.7 Å². The number of benzene rings is 4. The summed E-state index contributed by atoms with van der Waals surface area (Å²) < 4.78 is 33.9. The van der Waals surface area contributed by atoms with E-state index >= 15 is 0 Å². The van der Waals surface area contributed by atoms with Crippen molar-refractivity contribution in [3.05, 3.63) is 82.4 Å². The predicted molar refractivity (Wildman–Crippen MR) is 132 cm³/mol. The standard InChI is InChI=1S/C23H18N6O6S/c1-13-11-14-12-18(36(33,34)35)22(28-26-16-7-9-17(10-8-16)29(31)32)23(30)19(14)20(24)21(13)27-25-15-5-3-2-4-6-15/h2-12,30H,24H2,1H3,(H,33,34,35). The molecule has 0 saturated carbocycles. The Morgan fingerprint density at radius 3 is 2.06 bits per heavy atom. The van der Waals surface area contributed by atoms with E-state index in [1.807, 2.05) is 6.07 Å². The highest BCUT2D eigenvalue weighted by Gasteiger charge is 2.24. The summed E-state index contributed by atoms with van der Waals surface area (Å²) >= 11 is 0. The zero-order chi connectivity index (χ0) is 26.0. The van der Waals surface area contributed by atoms with Crippen molar-refractivity contribution in [3.8, 4) is 5.75 Å². The summed E-state index contributed by atoms with van der Waals surface area (Å²) in [5.41, 5.74) is 7.07. The highest BCUT2D eigenvalue weighted by atomic mass is 32.2. The molecule has 182 valence electrons. The molecule has 0 unspecified atom stereocenters. The average molecular weight is 507 g/mol. The van der Waals surface area contributed by atoms with Crippen molar-refractivity contribution >= 4 is 55.0 Å². The zero-order valence-corrected chi connectivity index (χ0v) is 19.4. The van der Waals surface area contributed by atoms with Gasteiger partial charge in [-0.15, -0.1) is 10.2 Å². The molecular formula is C23H18N6O6S. The summed E-state index contributed by atoms with van der Waals surface area (Å²) in [6.45, 7) is 1.68. The molecule has 4 aromatic carbocycles. The number of phenolic OH excluding ortho intramolecular Hbond substituents is 1. The normalized spacial score (nSPS) is 12.1. The van der Waals surface area contributed by atoms with Gasteiger partial charge in [-0.2, -0.15) is 18.6 Å². The second-order valence-electron chi connectivity index (χ2n) is 7.61. The number of hydrogen-bond acceptors (Lipinski definition) is 10. The van der Waals surface area contributed by atoms with Crippen LogP contribution >= 0.6 is 0 Å². The van der Waals surface area contributed by atoms with Gasteiger partial charge >= 0.3 is 0 Å². The maximum atomic E-state index is 12.1. The Bertz CT molecular complexity index is 1650. The molecule has 0 radical (unpaired) electrons. The first-order chi connectivity index (χ1) is 17.1. The number of aromatic hydroxyl groups is 1. The number of anilines is 1. The third-order valence-corrected chi connectivity index (χ3v) is 6.03. The van der Waals surface area contributed by atoms with Gasteiger partial charge in [-0.05, 0) is 54.3 Å². The van der Waals surface area contributed by atoms with Gasteiger partial charge in [0.05, 0.1) is 27.4 Å². The molecule has 4 rings (SSSR count). The number of nitrogen functional groups attached to an aromatic ring is 1. The smallest absolute Gasteiger partial charge is 0.296 e. The number of nitrogens with two attached hydrogens (primary N) is 1. The van der Waals surface area contributed by atoms with Crippen molar-refractivity contribution in [2.75, 3.05) is 5.73 Å². The minimum Gasteiger partial charge on any atom is -0.505 e. The molecule has 0 aliphatic heterocycles. The molecule has 0 aliphatic rings. The van der Waals surface area contributed by atoms with Gasteiger partial charge in [0.25, 0.3) is 15.8 Å². The Hall–Kier alpha value is -4.75. The molecule has 0 amide bonds. The van der Waals surface area contributed by atoms with E-state index in [0.717, 1.165) is 6.07 Å². The van der Waals surface area contributed by atoms with Crippen molar-refractivity contribution in [1.29, 1.82) is 0 Å². The van der Waals surface area contributed by atoms with E-state index in [-0.39, 0.29) is 33.5 Å². The number of azo groups is 2. The molecule has 0 saturated heterocycles. The van der Waals surface area contributed by atoms with Crippen molar-refractivity contribution < 1.29 is 23.0 Å². The lowest BCUT2D eigenvalue weighted by Crippen LogP contribution is -2.00. The lowest BCUT2D eigenvalue weighted by atomic mass is 10.0. The number of rotatable bonds is 6. The molecule has 0 fully saturated rings. The predicted octanol–water partition coefficient (Wildman–Crippen LogP) is 6.42. The van der Waals surface area contributed by atoms with E-state index in [0.29, 0.717) is 11.3 Å². The second-order valence-corrected chi connectivity index (χ2v) is 9.00. The minimum atomic E-state index is -4.84. The molecule has 0 aromatic heterocycles. The highest BCUT2D eigenvalue weighted by molar-refractivity contribution is 7.86. The van der Waals surface area contributed by atoms with Gasteiger partial charge in [0.15, 0.2) is 5.75 Å². The Labute approximate surface area is 204 Å². The largest absolute Gasteiger partial charge is 0.505 e.